The van der Waals surface area contributed by atoms with Gasteiger partial charge in [0.25, 0.3) is 11.5 Å². The second-order valence-corrected chi connectivity index (χ2v) is 6.55. The average Bonchev–Trinajstić information content (AvgIpc) is 2.59. The van der Waals surface area contributed by atoms with E-state index in [1.54, 1.807) is 48.0 Å². The maximum absolute atomic E-state index is 12.6. The number of nitriles is 1. The number of carbonyl (C=O) groups excluding carboxylic acids is 1. The fraction of sp³-hybridized carbons (Fsp3) is 0.350. The molecule has 0 aliphatic carbocycles. The SMILES string of the molecule is Cc1ccn(CCC(C)C)c(=O)c1C(=O)NCc1ccc(C#N)cc1. The smallest absolute Gasteiger partial charge is 0.263 e. The van der Waals surface area contributed by atoms with Crippen molar-refractivity contribution >= 4 is 5.91 Å². The standard InChI is InChI=1S/C20H23N3O2/c1-14(2)8-10-23-11-9-15(3)18(20(23)25)19(24)22-13-17-6-4-16(12-21)5-7-17/h4-7,9,11,14H,8,10,13H2,1-3H3,(H,22,24). The molecule has 1 N–H and O–H groups in total. The van der Waals surface area contributed by atoms with E-state index < -0.39 is 0 Å². The fourth-order valence-electron chi connectivity index (χ4n) is 2.48. The number of hydrogen-bond acceptors (Lipinski definition) is 3. The molecule has 25 heavy (non-hydrogen) atoms. The number of pyridine rings is 1. The first-order valence-electron chi connectivity index (χ1n) is 8.39. The molecule has 1 aromatic heterocycles. The Balaban J connectivity index is 2.13. The summed E-state index contributed by atoms with van der Waals surface area (Å²) in [6.07, 6.45) is 2.63. The molecule has 0 unspecified atom stereocenters. The largest absolute Gasteiger partial charge is 0.348 e. The van der Waals surface area contributed by atoms with Crippen molar-refractivity contribution in [2.24, 2.45) is 5.92 Å². The van der Waals surface area contributed by atoms with E-state index in [0.717, 1.165) is 12.0 Å². The lowest BCUT2D eigenvalue weighted by Gasteiger charge is -2.12. The van der Waals surface area contributed by atoms with Crippen LogP contribution in [0.15, 0.2) is 41.3 Å². The molecule has 0 saturated carbocycles. The lowest BCUT2D eigenvalue weighted by molar-refractivity contribution is 0.0948. The third-order valence-corrected chi connectivity index (χ3v) is 4.08. The summed E-state index contributed by atoms with van der Waals surface area (Å²) < 4.78 is 1.60. The number of carbonyl (C=O) groups is 1. The van der Waals surface area contributed by atoms with Gasteiger partial charge in [-0.3, -0.25) is 9.59 Å². The summed E-state index contributed by atoms with van der Waals surface area (Å²) in [7, 11) is 0. The highest BCUT2D eigenvalue weighted by atomic mass is 16.2. The molecule has 5 heteroatoms. The molecular weight excluding hydrogens is 314 g/mol. The van der Waals surface area contributed by atoms with Gasteiger partial charge >= 0.3 is 0 Å². The molecule has 0 atom stereocenters. The predicted octanol–water partition coefficient (Wildman–Crippen LogP) is 3.00. The molecule has 2 aromatic rings. The number of amides is 1. The van der Waals surface area contributed by atoms with Crippen LogP contribution in [-0.4, -0.2) is 10.5 Å². The molecule has 0 bridgehead atoms. The van der Waals surface area contributed by atoms with Gasteiger partial charge in [0.15, 0.2) is 0 Å². The fourth-order valence-corrected chi connectivity index (χ4v) is 2.48. The molecule has 2 rings (SSSR count). The zero-order chi connectivity index (χ0) is 18.4. The summed E-state index contributed by atoms with van der Waals surface area (Å²) in [5, 5.41) is 11.6. The highest BCUT2D eigenvalue weighted by molar-refractivity contribution is 5.95. The van der Waals surface area contributed by atoms with Gasteiger partial charge in [-0.1, -0.05) is 26.0 Å². The number of aromatic nitrogens is 1. The Morgan fingerprint density at radius 2 is 1.92 bits per heavy atom. The van der Waals surface area contributed by atoms with Crippen molar-refractivity contribution in [3.63, 3.8) is 0 Å². The molecule has 130 valence electrons. The molecule has 0 aliphatic rings. The Bertz CT molecular complexity index is 843. The van der Waals surface area contributed by atoms with E-state index in [2.05, 4.69) is 25.2 Å². The van der Waals surface area contributed by atoms with Crippen molar-refractivity contribution in [2.45, 2.75) is 40.3 Å². The Morgan fingerprint density at radius 1 is 1.24 bits per heavy atom. The van der Waals surface area contributed by atoms with E-state index in [9.17, 15) is 9.59 Å². The maximum Gasteiger partial charge on any atom is 0.263 e. The van der Waals surface area contributed by atoms with Crippen LogP contribution in [0.1, 0.15) is 47.3 Å². The van der Waals surface area contributed by atoms with Gasteiger partial charge in [-0.2, -0.15) is 5.26 Å². The van der Waals surface area contributed by atoms with Crippen LogP contribution in [0.5, 0.6) is 0 Å². The van der Waals surface area contributed by atoms with Crippen molar-refractivity contribution in [3.05, 3.63) is 69.1 Å². The van der Waals surface area contributed by atoms with Crippen molar-refractivity contribution in [2.75, 3.05) is 0 Å². The van der Waals surface area contributed by atoms with Crippen LogP contribution in [-0.2, 0) is 13.1 Å². The molecule has 1 aromatic carbocycles. The molecule has 0 spiro atoms. The second kappa shape index (κ2) is 8.29. The first-order chi connectivity index (χ1) is 11.9. The zero-order valence-corrected chi connectivity index (χ0v) is 14.9. The minimum atomic E-state index is -0.370. The van der Waals surface area contributed by atoms with Crippen LogP contribution in [0.3, 0.4) is 0 Å². The number of benzene rings is 1. The summed E-state index contributed by atoms with van der Waals surface area (Å²) in [6, 6.07) is 10.8. The lowest BCUT2D eigenvalue weighted by atomic mass is 10.1. The minimum absolute atomic E-state index is 0.194. The highest BCUT2D eigenvalue weighted by Gasteiger charge is 2.15. The third kappa shape index (κ3) is 4.80. The van der Waals surface area contributed by atoms with Gasteiger partial charge in [0.2, 0.25) is 0 Å². The van der Waals surface area contributed by atoms with Gasteiger partial charge in [-0.25, -0.2) is 0 Å². The summed E-state index contributed by atoms with van der Waals surface area (Å²) in [5.74, 6) is 0.118. The Hall–Kier alpha value is -2.87. The molecule has 5 nitrogen and oxygen atoms in total. The number of nitrogens with zero attached hydrogens (tertiary/aromatic N) is 2. The monoisotopic (exact) mass is 337 g/mol. The summed E-state index contributed by atoms with van der Waals surface area (Å²) in [5.41, 5.74) is 2.06. The molecule has 0 aliphatic heterocycles. The van der Waals surface area contributed by atoms with E-state index in [1.165, 1.54) is 0 Å². The first kappa shape index (κ1) is 18.5. The summed E-state index contributed by atoms with van der Waals surface area (Å²) in [6.45, 7) is 6.89. The van der Waals surface area contributed by atoms with Gasteiger partial charge in [-0.15, -0.1) is 0 Å². The van der Waals surface area contributed by atoms with E-state index in [-0.39, 0.29) is 17.0 Å². The Labute approximate surface area is 147 Å². The lowest BCUT2D eigenvalue weighted by Crippen LogP contribution is -2.34. The molecular formula is C20H23N3O2. The Morgan fingerprint density at radius 3 is 2.52 bits per heavy atom. The predicted molar refractivity (Wildman–Crippen MR) is 97.2 cm³/mol. The van der Waals surface area contributed by atoms with Gasteiger partial charge in [0.1, 0.15) is 5.56 Å². The number of rotatable bonds is 6. The van der Waals surface area contributed by atoms with Crippen molar-refractivity contribution in [1.82, 2.24) is 9.88 Å². The van der Waals surface area contributed by atoms with E-state index in [1.807, 2.05) is 0 Å². The highest BCUT2D eigenvalue weighted by Crippen LogP contribution is 2.07. The third-order valence-electron chi connectivity index (χ3n) is 4.08. The Kier molecular flexibility index (Phi) is 6.13. The molecule has 0 radical (unpaired) electrons. The molecule has 0 saturated heterocycles. The van der Waals surface area contributed by atoms with Gasteiger partial charge in [0, 0.05) is 19.3 Å². The normalized spacial score (nSPS) is 10.5. The topological polar surface area (TPSA) is 74.9 Å². The van der Waals surface area contributed by atoms with E-state index in [4.69, 9.17) is 5.26 Å². The minimum Gasteiger partial charge on any atom is -0.348 e. The van der Waals surface area contributed by atoms with Crippen LogP contribution in [0, 0.1) is 24.2 Å². The average molecular weight is 337 g/mol. The molecule has 1 amide bonds. The van der Waals surface area contributed by atoms with E-state index in [0.29, 0.717) is 30.1 Å². The number of hydrogen-bond donors (Lipinski definition) is 1. The van der Waals surface area contributed by atoms with Crippen LogP contribution in [0.4, 0.5) is 0 Å². The number of nitrogens with one attached hydrogen (secondary N) is 1. The van der Waals surface area contributed by atoms with Gasteiger partial charge < -0.3 is 9.88 Å². The van der Waals surface area contributed by atoms with Gasteiger partial charge in [0.05, 0.1) is 11.6 Å². The second-order valence-electron chi connectivity index (χ2n) is 6.55. The van der Waals surface area contributed by atoms with E-state index >= 15 is 0 Å². The van der Waals surface area contributed by atoms with Crippen LogP contribution >= 0.6 is 0 Å². The van der Waals surface area contributed by atoms with Crippen molar-refractivity contribution in [1.29, 1.82) is 5.26 Å². The van der Waals surface area contributed by atoms with Gasteiger partial charge in [-0.05, 0) is 48.6 Å². The maximum atomic E-state index is 12.6. The van der Waals surface area contributed by atoms with Crippen LogP contribution in [0.2, 0.25) is 0 Å². The zero-order valence-electron chi connectivity index (χ0n) is 14.9. The molecule has 1 heterocycles. The number of aryl methyl sites for hydroxylation is 2. The summed E-state index contributed by atoms with van der Waals surface area (Å²) >= 11 is 0. The van der Waals surface area contributed by atoms with Crippen LogP contribution < -0.4 is 10.9 Å². The quantitative estimate of drug-likeness (QED) is 0.880. The first-order valence-corrected chi connectivity index (χ1v) is 8.39. The molecule has 0 fully saturated rings. The van der Waals surface area contributed by atoms with Crippen molar-refractivity contribution in [3.8, 4) is 6.07 Å². The van der Waals surface area contributed by atoms with Crippen LogP contribution in [0.25, 0.3) is 0 Å². The van der Waals surface area contributed by atoms with Crippen molar-refractivity contribution < 1.29 is 4.79 Å². The summed E-state index contributed by atoms with van der Waals surface area (Å²) in [4.78, 5) is 25.1.